The van der Waals surface area contributed by atoms with Gasteiger partial charge in [-0.2, -0.15) is 0 Å². The van der Waals surface area contributed by atoms with Gasteiger partial charge in [-0.3, -0.25) is 9.59 Å². The first kappa shape index (κ1) is 17.1. The van der Waals surface area contributed by atoms with Gasteiger partial charge in [0.05, 0.1) is 0 Å². The Balaban J connectivity index is 1.23. The van der Waals surface area contributed by atoms with E-state index in [9.17, 15) is 9.59 Å². The quantitative estimate of drug-likeness (QED) is 0.803. The van der Waals surface area contributed by atoms with E-state index in [0.29, 0.717) is 17.2 Å². The second-order valence-electron chi connectivity index (χ2n) is 7.56. The molecule has 5 rings (SSSR count). The molecule has 1 N–H and O–H groups in total. The lowest BCUT2D eigenvalue weighted by Crippen LogP contribution is -2.75. The van der Waals surface area contributed by atoms with E-state index in [4.69, 9.17) is 16.3 Å². The van der Waals surface area contributed by atoms with Gasteiger partial charge in [0.1, 0.15) is 18.6 Å². The molecular formula is C19H19ClN2O4. The van der Waals surface area contributed by atoms with E-state index >= 15 is 0 Å². The van der Waals surface area contributed by atoms with E-state index in [2.05, 4.69) is 15.0 Å². The Morgan fingerprint density at radius 3 is 2.73 bits per heavy atom. The highest BCUT2D eigenvalue weighted by molar-refractivity contribution is 6.31. The molecule has 0 atom stereocenters. The van der Waals surface area contributed by atoms with Gasteiger partial charge in [-0.25, -0.2) is 0 Å². The van der Waals surface area contributed by atoms with Crippen molar-refractivity contribution in [3.05, 3.63) is 46.8 Å². The summed E-state index contributed by atoms with van der Waals surface area (Å²) in [6.07, 6.45) is 4.35. The molecule has 1 amide bonds. The largest absolute Gasteiger partial charge is 0.486 e. The van der Waals surface area contributed by atoms with Crippen molar-refractivity contribution in [1.29, 1.82) is 0 Å². The van der Waals surface area contributed by atoms with Gasteiger partial charge in [0.15, 0.2) is 11.5 Å². The number of amides is 1. The van der Waals surface area contributed by atoms with Crippen molar-refractivity contribution >= 4 is 23.3 Å². The molecule has 0 unspecified atom stereocenters. The highest BCUT2D eigenvalue weighted by Gasteiger charge is 2.68. The van der Waals surface area contributed by atoms with Gasteiger partial charge in [0, 0.05) is 23.0 Å². The molecule has 7 heteroatoms. The fourth-order valence-electron chi connectivity index (χ4n) is 4.29. The third kappa shape index (κ3) is 3.09. The number of Topliss-reactive ketones (excluding diaryl/α,β-unsaturated/α-hetero) is 1. The van der Waals surface area contributed by atoms with E-state index < -0.39 is 0 Å². The number of aryl methyl sites for hydroxylation is 1. The van der Waals surface area contributed by atoms with Gasteiger partial charge in [-0.1, -0.05) is 16.8 Å². The third-order valence-electron chi connectivity index (χ3n) is 5.29. The number of ketones is 1. The Hall–Kier alpha value is -2.34. The zero-order valence-electron chi connectivity index (χ0n) is 14.4. The van der Waals surface area contributed by atoms with Crippen LogP contribution in [0.5, 0.6) is 5.75 Å². The summed E-state index contributed by atoms with van der Waals surface area (Å²) in [5.41, 5.74) is 1.05. The molecule has 3 aliphatic carbocycles. The summed E-state index contributed by atoms with van der Waals surface area (Å²) in [5.74, 6) is 0.503. The van der Waals surface area contributed by atoms with Gasteiger partial charge in [-0.15, -0.1) is 0 Å². The number of aromatic nitrogens is 1. The number of ether oxygens (including phenoxy) is 1. The van der Waals surface area contributed by atoms with Gasteiger partial charge in [0.2, 0.25) is 0 Å². The highest BCUT2D eigenvalue weighted by Crippen LogP contribution is 2.69. The maximum atomic E-state index is 12.3. The Bertz CT molecular complexity index is 843. The first-order chi connectivity index (χ1) is 12.4. The summed E-state index contributed by atoms with van der Waals surface area (Å²) < 4.78 is 10.3. The summed E-state index contributed by atoms with van der Waals surface area (Å²) in [5, 5.41) is 7.33. The number of hydrogen-bond donors (Lipinski definition) is 1. The SMILES string of the molecule is Cc1cc(OCC(=O)CC23CC(NC(=O)c4ccon4)(C2)C3)ccc1Cl. The molecule has 3 saturated carbocycles. The Morgan fingerprint density at radius 2 is 2.08 bits per heavy atom. The van der Waals surface area contributed by atoms with Gasteiger partial charge in [0.25, 0.3) is 5.91 Å². The molecule has 26 heavy (non-hydrogen) atoms. The molecule has 3 aliphatic rings. The molecule has 6 nitrogen and oxygen atoms in total. The number of carbonyl (C=O) groups is 2. The standard InChI is InChI=1S/C19H19ClN2O4/c1-12-6-14(2-3-15(12)20)25-8-13(23)7-18-9-19(10-18,11-18)21-17(24)16-4-5-26-22-16/h2-6H,7-11H2,1H3,(H,21,24). The molecule has 0 aliphatic heterocycles. The number of hydrogen-bond acceptors (Lipinski definition) is 5. The lowest BCUT2D eigenvalue weighted by molar-refractivity contribution is -0.162. The lowest BCUT2D eigenvalue weighted by atomic mass is 9.38. The van der Waals surface area contributed by atoms with Crippen molar-refractivity contribution in [2.24, 2.45) is 5.41 Å². The minimum Gasteiger partial charge on any atom is -0.486 e. The van der Waals surface area contributed by atoms with Crippen LogP contribution in [0, 0.1) is 12.3 Å². The van der Waals surface area contributed by atoms with Crippen molar-refractivity contribution < 1.29 is 18.8 Å². The molecule has 136 valence electrons. The van der Waals surface area contributed by atoms with Crippen LogP contribution < -0.4 is 10.1 Å². The Labute approximate surface area is 155 Å². The van der Waals surface area contributed by atoms with Crippen molar-refractivity contribution in [2.45, 2.75) is 38.1 Å². The van der Waals surface area contributed by atoms with Crippen LogP contribution in [0.4, 0.5) is 0 Å². The van der Waals surface area contributed by atoms with Crippen LogP contribution in [0.25, 0.3) is 0 Å². The normalized spacial score (nSPS) is 25.8. The second-order valence-corrected chi connectivity index (χ2v) is 7.97. The van der Waals surface area contributed by atoms with Crippen LogP contribution in [0.1, 0.15) is 41.7 Å². The highest BCUT2D eigenvalue weighted by atomic mass is 35.5. The molecule has 3 fully saturated rings. The Kier molecular flexibility index (Phi) is 4.03. The van der Waals surface area contributed by atoms with Crippen LogP contribution in [-0.4, -0.2) is 29.0 Å². The zero-order valence-corrected chi connectivity index (χ0v) is 15.1. The summed E-state index contributed by atoms with van der Waals surface area (Å²) in [7, 11) is 0. The number of carbonyl (C=O) groups excluding carboxylic acids is 2. The minimum atomic E-state index is -0.222. The predicted octanol–water partition coefficient (Wildman–Crippen LogP) is 3.33. The smallest absolute Gasteiger partial charge is 0.273 e. The fourth-order valence-corrected chi connectivity index (χ4v) is 4.41. The summed E-state index contributed by atoms with van der Waals surface area (Å²) in [6, 6.07) is 6.89. The summed E-state index contributed by atoms with van der Waals surface area (Å²) >= 11 is 5.98. The van der Waals surface area contributed by atoms with Crippen molar-refractivity contribution in [2.75, 3.05) is 6.61 Å². The van der Waals surface area contributed by atoms with E-state index in [1.807, 2.05) is 13.0 Å². The second kappa shape index (κ2) is 6.13. The van der Waals surface area contributed by atoms with Gasteiger partial charge in [-0.05, 0) is 55.4 Å². The van der Waals surface area contributed by atoms with Crippen LogP contribution in [0.3, 0.4) is 0 Å². The summed E-state index contributed by atoms with van der Waals surface area (Å²) in [6.45, 7) is 1.95. The number of halogens is 1. The molecule has 0 spiro atoms. The number of nitrogens with one attached hydrogen (secondary N) is 1. The van der Waals surface area contributed by atoms with Crippen molar-refractivity contribution in [3.63, 3.8) is 0 Å². The van der Waals surface area contributed by atoms with E-state index in [-0.39, 0.29) is 34.9 Å². The first-order valence-electron chi connectivity index (χ1n) is 8.52. The van der Waals surface area contributed by atoms with Crippen LogP contribution >= 0.6 is 11.6 Å². The topological polar surface area (TPSA) is 81.4 Å². The van der Waals surface area contributed by atoms with Crippen LogP contribution in [0.2, 0.25) is 5.02 Å². The maximum Gasteiger partial charge on any atom is 0.273 e. The minimum absolute atomic E-state index is 0.0213. The summed E-state index contributed by atoms with van der Waals surface area (Å²) in [4.78, 5) is 24.3. The molecule has 1 aromatic heterocycles. The molecular weight excluding hydrogens is 356 g/mol. The molecule has 1 aromatic carbocycles. The zero-order chi connectivity index (χ0) is 18.4. The maximum absolute atomic E-state index is 12.3. The number of nitrogens with zero attached hydrogens (tertiary/aromatic N) is 1. The van der Waals surface area contributed by atoms with E-state index in [1.54, 1.807) is 12.1 Å². The van der Waals surface area contributed by atoms with Crippen molar-refractivity contribution in [3.8, 4) is 5.75 Å². The average Bonchev–Trinajstić information content (AvgIpc) is 3.07. The van der Waals surface area contributed by atoms with E-state index in [1.165, 1.54) is 12.3 Å². The van der Waals surface area contributed by atoms with Crippen molar-refractivity contribution in [1.82, 2.24) is 10.5 Å². The third-order valence-corrected chi connectivity index (χ3v) is 5.71. The van der Waals surface area contributed by atoms with Gasteiger partial charge < -0.3 is 14.6 Å². The first-order valence-corrected chi connectivity index (χ1v) is 8.90. The fraction of sp³-hybridized carbons (Fsp3) is 0.421. The predicted molar refractivity (Wildman–Crippen MR) is 94.3 cm³/mol. The molecule has 1 heterocycles. The Morgan fingerprint density at radius 1 is 1.31 bits per heavy atom. The molecule has 0 saturated heterocycles. The number of rotatable bonds is 7. The van der Waals surface area contributed by atoms with Gasteiger partial charge >= 0.3 is 0 Å². The number of benzene rings is 1. The van der Waals surface area contributed by atoms with Crippen LogP contribution in [0.15, 0.2) is 35.1 Å². The molecule has 0 radical (unpaired) electrons. The monoisotopic (exact) mass is 374 g/mol. The molecule has 2 aromatic rings. The average molecular weight is 375 g/mol. The van der Waals surface area contributed by atoms with Crippen LogP contribution in [-0.2, 0) is 4.79 Å². The molecule has 2 bridgehead atoms. The lowest BCUT2D eigenvalue weighted by Gasteiger charge is -2.70. The van der Waals surface area contributed by atoms with E-state index in [0.717, 1.165) is 24.8 Å².